The maximum atomic E-state index is 12.7. The van der Waals surface area contributed by atoms with Gasteiger partial charge in [0.25, 0.3) is 0 Å². The molecule has 0 bridgehead atoms. The van der Waals surface area contributed by atoms with Gasteiger partial charge in [0.1, 0.15) is 4.90 Å². The number of sulfonamides is 1. The van der Waals surface area contributed by atoms with E-state index in [1.807, 2.05) is 31.2 Å². The lowest BCUT2D eigenvalue weighted by Crippen LogP contribution is -2.46. The molecule has 0 radical (unpaired) electrons. The van der Waals surface area contributed by atoms with Gasteiger partial charge >= 0.3 is 0 Å². The van der Waals surface area contributed by atoms with E-state index >= 15 is 0 Å². The van der Waals surface area contributed by atoms with E-state index in [-0.39, 0.29) is 6.04 Å². The van der Waals surface area contributed by atoms with Crippen LogP contribution in [0.4, 0.5) is 0 Å². The second-order valence-electron chi connectivity index (χ2n) is 4.74. The Bertz CT molecular complexity index is 693. The summed E-state index contributed by atoms with van der Waals surface area (Å²) >= 11 is 0. The molecule has 3 rings (SSSR count). The molecule has 1 saturated heterocycles. The van der Waals surface area contributed by atoms with Gasteiger partial charge in [-0.05, 0) is 13.0 Å². The number of rotatable bonds is 2. The van der Waals surface area contributed by atoms with Crippen molar-refractivity contribution in [1.29, 1.82) is 0 Å². The van der Waals surface area contributed by atoms with Crippen LogP contribution in [0.2, 0.25) is 0 Å². The van der Waals surface area contributed by atoms with Crippen molar-refractivity contribution >= 4 is 20.9 Å². The number of para-hydroxylation sites is 1. The van der Waals surface area contributed by atoms with Gasteiger partial charge in [-0.1, -0.05) is 18.2 Å². The van der Waals surface area contributed by atoms with Crippen LogP contribution in [-0.4, -0.2) is 43.5 Å². The van der Waals surface area contributed by atoms with Gasteiger partial charge in [0.15, 0.2) is 0 Å². The van der Waals surface area contributed by atoms with Gasteiger partial charge in [0, 0.05) is 29.7 Å². The second-order valence-corrected chi connectivity index (χ2v) is 6.60. The Balaban J connectivity index is 2.09. The molecule has 1 N–H and O–H groups in total. The number of benzene rings is 1. The molecule has 1 atom stereocenters. The summed E-state index contributed by atoms with van der Waals surface area (Å²) in [6.45, 7) is 3.17. The maximum Gasteiger partial charge on any atom is 0.245 e. The standard InChI is InChI=1S/C13H16N2O3S/c1-10-9-18-7-6-15(10)19(16,17)13-8-14-12-5-3-2-4-11(12)13/h2-5,8,10,14H,6-7,9H2,1H3. The van der Waals surface area contributed by atoms with Crippen LogP contribution in [-0.2, 0) is 14.8 Å². The minimum atomic E-state index is -3.47. The third-order valence-electron chi connectivity index (χ3n) is 3.44. The van der Waals surface area contributed by atoms with Gasteiger partial charge in [-0.2, -0.15) is 4.31 Å². The first-order chi connectivity index (χ1) is 9.10. The Kier molecular flexibility index (Phi) is 3.08. The Morgan fingerprint density at radius 3 is 2.95 bits per heavy atom. The summed E-state index contributed by atoms with van der Waals surface area (Å²) in [5.74, 6) is 0. The topological polar surface area (TPSA) is 62.4 Å². The van der Waals surface area contributed by atoms with Crippen molar-refractivity contribution in [3.8, 4) is 0 Å². The highest BCUT2D eigenvalue weighted by Gasteiger charge is 2.33. The van der Waals surface area contributed by atoms with E-state index in [2.05, 4.69) is 4.98 Å². The molecule has 0 amide bonds. The van der Waals surface area contributed by atoms with Crippen LogP contribution in [0, 0.1) is 0 Å². The molecule has 6 heteroatoms. The highest BCUT2D eigenvalue weighted by Crippen LogP contribution is 2.27. The summed E-state index contributed by atoms with van der Waals surface area (Å²) in [6, 6.07) is 7.29. The summed E-state index contributed by atoms with van der Waals surface area (Å²) < 4.78 is 32.3. The van der Waals surface area contributed by atoms with Gasteiger partial charge < -0.3 is 9.72 Å². The minimum absolute atomic E-state index is 0.132. The predicted molar refractivity (Wildman–Crippen MR) is 72.5 cm³/mol. The average Bonchev–Trinajstić information content (AvgIpc) is 2.83. The van der Waals surface area contributed by atoms with Crippen LogP contribution >= 0.6 is 0 Å². The molecule has 1 fully saturated rings. The van der Waals surface area contributed by atoms with E-state index in [4.69, 9.17) is 4.74 Å². The van der Waals surface area contributed by atoms with E-state index < -0.39 is 10.0 Å². The summed E-state index contributed by atoms with van der Waals surface area (Å²) in [4.78, 5) is 3.36. The predicted octanol–water partition coefficient (Wildman–Crippen LogP) is 1.58. The molecule has 5 nitrogen and oxygen atoms in total. The molecule has 2 heterocycles. The summed E-state index contributed by atoms with van der Waals surface area (Å²) in [5, 5.41) is 0.737. The molecule has 2 aromatic rings. The minimum Gasteiger partial charge on any atom is -0.378 e. The zero-order chi connectivity index (χ0) is 13.5. The smallest absolute Gasteiger partial charge is 0.245 e. The number of nitrogens with one attached hydrogen (secondary N) is 1. The van der Waals surface area contributed by atoms with Gasteiger partial charge in [0.2, 0.25) is 10.0 Å². The van der Waals surface area contributed by atoms with E-state index in [1.54, 1.807) is 6.20 Å². The number of fused-ring (bicyclic) bond motifs is 1. The lowest BCUT2D eigenvalue weighted by Gasteiger charge is -2.31. The molecular weight excluding hydrogens is 264 g/mol. The monoisotopic (exact) mass is 280 g/mol. The number of H-pyrrole nitrogens is 1. The third kappa shape index (κ3) is 2.05. The average molecular weight is 280 g/mol. The summed E-state index contributed by atoms with van der Waals surface area (Å²) in [5.41, 5.74) is 0.835. The molecule has 1 aromatic heterocycles. The Hall–Kier alpha value is -1.37. The molecule has 1 aromatic carbocycles. The molecule has 0 saturated carbocycles. The first-order valence-corrected chi connectivity index (χ1v) is 7.70. The van der Waals surface area contributed by atoms with Crippen molar-refractivity contribution in [3.63, 3.8) is 0 Å². The van der Waals surface area contributed by atoms with E-state index in [9.17, 15) is 8.42 Å². The highest BCUT2D eigenvalue weighted by molar-refractivity contribution is 7.89. The zero-order valence-corrected chi connectivity index (χ0v) is 11.5. The van der Waals surface area contributed by atoms with Crippen LogP contribution in [0.15, 0.2) is 35.4 Å². The fraction of sp³-hybridized carbons (Fsp3) is 0.385. The molecule has 1 unspecified atom stereocenters. The van der Waals surface area contributed by atoms with Crippen molar-refractivity contribution in [2.45, 2.75) is 17.9 Å². The fourth-order valence-electron chi connectivity index (χ4n) is 2.45. The molecule has 0 aliphatic carbocycles. The summed E-state index contributed by atoms with van der Waals surface area (Å²) in [6.07, 6.45) is 1.57. The van der Waals surface area contributed by atoms with Crippen LogP contribution in [0.25, 0.3) is 10.9 Å². The third-order valence-corrected chi connectivity index (χ3v) is 5.50. The van der Waals surface area contributed by atoms with Crippen LogP contribution in [0.3, 0.4) is 0 Å². The molecule has 1 aliphatic heterocycles. The van der Waals surface area contributed by atoms with Crippen molar-refractivity contribution in [2.75, 3.05) is 19.8 Å². The normalized spacial score (nSPS) is 21.8. The molecule has 0 spiro atoms. The molecule has 19 heavy (non-hydrogen) atoms. The Labute approximate surface area is 112 Å². The number of hydrogen-bond acceptors (Lipinski definition) is 3. The van der Waals surface area contributed by atoms with Crippen molar-refractivity contribution in [3.05, 3.63) is 30.5 Å². The molecular formula is C13H16N2O3S. The first-order valence-electron chi connectivity index (χ1n) is 6.26. The first kappa shape index (κ1) is 12.7. The van der Waals surface area contributed by atoms with E-state index in [0.717, 1.165) is 10.9 Å². The van der Waals surface area contributed by atoms with Crippen molar-refractivity contribution < 1.29 is 13.2 Å². The number of morpholine rings is 1. The quantitative estimate of drug-likeness (QED) is 0.908. The highest BCUT2D eigenvalue weighted by atomic mass is 32.2. The largest absolute Gasteiger partial charge is 0.378 e. The fourth-order valence-corrected chi connectivity index (χ4v) is 4.22. The maximum absolute atomic E-state index is 12.7. The lowest BCUT2D eigenvalue weighted by atomic mass is 10.2. The van der Waals surface area contributed by atoms with Crippen LogP contribution in [0.1, 0.15) is 6.92 Å². The number of aromatic nitrogens is 1. The second kappa shape index (κ2) is 4.63. The number of aromatic amines is 1. The van der Waals surface area contributed by atoms with E-state index in [1.165, 1.54) is 4.31 Å². The SMILES string of the molecule is CC1COCCN1S(=O)(=O)c1c[nH]c2ccccc12. The molecule has 102 valence electrons. The zero-order valence-electron chi connectivity index (χ0n) is 10.7. The van der Waals surface area contributed by atoms with Crippen LogP contribution < -0.4 is 0 Å². The van der Waals surface area contributed by atoms with Gasteiger partial charge in [0.05, 0.1) is 13.2 Å². The van der Waals surface area contributed by atoms with Crippen LogP contribution in [0.5, 0.6) is 0 Å². The van der Waals surface area contributed by atoms with Gasteiger partial charge in [-0.25, -0.2) is 8.42 Å². The van der Waals surface area contributed by atoms with Crippen molar-refractivity contribution in [2.24, 2.45) is 0 Å². The number of nitrogens with zero attached hydrogens (tertiary/aromatic N) is 1. The number of hydrogen-bond donors (Lipinski definition) is 1. The number of ether oxygens (including phenoxy) is 1. The van der Waals surface area contributed by atoms with E-state index in [0.29, 0.717) is 24.7 Å². The Morgan fingerprint density at radius 2 is 2.16 bits per heavy atom. The van der Waals surface area contributed by atoms with Gasteiger partial charge in [-0.3, -0.25) is 0 Å². The van der Waals surface area contributed by atoms with Crippen molar-refractivity contribution in [1.82, 2.24) is 9.29 Å². The summed E-state index contributed by atoms with van der Waals surface area (Å²) in [7, 11) is -3.47. The molecule has 1 aliphatic rings. The lowest BCUT2D eigenvalue weighted by molar-refractivity contribution is 0.0393. The Morgan fingerprint density at radius 1 is 1.37 bits per heavy atom. The van der Waals surface area contributed by atoms with Gasteiger partial charge in [-0.15, -0.1) is 0 Å².